The molecule has 2 rings (SSSR count). The van der Waals surface area contributed by atoms with E-state index in [9.17, 15) is 9.90 Å². The number of nitrogens with zero attached hydrogens (tertiary/aromatic N) is 1. The van der Waals surface area contributed by atoms with Crippen molar-refractivity contribution in [3.63, 3.8) is 0 Å². The van der Waals surface area contributed by atoms with Crippen LogP contribution < -0.4 is 5.56 Å². The quantitative estimate of drug-likeness (QED) is 0.754. The molecule has 4 nitrogen and oxygen atoms in total. The van der Waals surface area contributed by atoms with Gasteiger partial charge in [-0.15, -0.1) is 0 Å². The summed E-state index contributed by atoms with van der Waals surface area (Å²) in [7, 11) is 0. The molecule has 0 aliphatic rings. The van der Waals surface area contributed by atoms with Gasteiger partial charge >= 0.3 is 0 Å². The molecule has 1 heterocycles. The molecule has 0 atom stereocenters. The lowest BCUT2D eigenvalue weighted by molar-refractivity contribution is 0.475. The summed E-state index contributed by atoms with van der Waals surface area (Å²) in [5, 5.41) is 18.2. The Balaban J connectivity index is 2.71. The molecule has 0 bridgehead atoms. The summed E-state index contributed by atoms with van der Waals surface area (Å²) in [5.41, 5.74) is 0.779. The summed E-state index contributed by atoms with van der Waals surface area (Å²) in [6.45, 7) is 0. The first-order valence-electron chi connectivity index (χ1n) is 4.63. The molecule has 1 aromatic heterocycles. The molecule has 1 aromatic carbocycles. The lowest BCUT2D eigenvalue weighted by atomic mass is 10.0. The maximum Gasteiger partial charge on any atom is 0.266 e. The summed E-state index contributed by atoms with van der Waals surface area (Å²) in [4.78, 5) is 13.8. The minimum atomic E-state index is -0.427. The fraction of sp³-hybridized carbons (Fsp3) is 0. The van der Waals surface area contributed by atoms with Crippen molar-refractivity contribution < 1.29 is 5.11 Å². The van der Waals surface area contributed by atoms with Gasteiger partial charge < -0.3 is 10.1 Å². The number of aromatic amines is 1. The SMILES string of the molecule is N#Cc1c(-c2cccc(O)c2)cc[nH]c1=O. The zero-order valence-electron chi connectivity index (χ0n) is 8.27. The van der Waals surface area contributed by atoms with E-state index >= 15 is 0 Å². The van der Waals surface area contributed by atoms with Crippen LogP contribution in [0.2, 0.25) is 0 Å². The predicted molar refractivity (Wildman–Crippen MR) is 58.9 cm³/mol. The first-order chi connectivity index (χ1) is 7.72. The second-order valence-corrected chi connectivity index (χ2v) is 3.26. The first-order valence-corrected chi connectivity index (χ1v) is 4.63. The molecule has 0 fully saturated rings. The van der Waals surface area contributed by atoms with Crippen LogP contribution in [0.1, 0.15) is 5.56 Å². The van der Waals surface area contributed by atoms with E-state index in [4.69, 9.17) is 5.26 Å². The number of hydrogen-bond donors (Lipinski definition) is 2. The third-order valence-electron chi connectivity index (χ3n) is 2.23. The van der Waals surface area contributed by atoms with Crippen molar-refractivity contribution in [2.24, 2.45) is 0 Å². The Morgan fingerprint density at radius 3 is 2.81 bits per heavy atom. The van der Waals surface area contributed by atoms with E-state index in [1.807, 2.05) is 6.07 Å². The largest absolute Gasteiger partial charge is 0.508 e. The number of benzene rings is 1. The minimum Gasteiger partial charge on any atom is -0.508 e. The lowest BCUT2D eigenvalue weighted by Gasteiger charge is -2.03. The highest BCUT2D eigenvalue weighted by Crippen LogP contribution is 2.23. The van der Waals surface area contributed by atoms with Gasteiger partial charge in [-0.05, 0) is 23.8 Å². The molecule has 0 saturated carbocycles. The Morgan fingerprint density at radius 1 is 1.31 bits per heavy atom. The summed E-state index contributed by atoms with van der Waals surface area (Å²) in [6.07, 6.45) is 1.47. The van der Waals surface area contributed by atoms with Gasteiger partial charge in [0, 0.05) is 11.8 Å². The number of aromatic hydroxyl groups is 1. The van der Waals surface area contributed by atoms with E-state index in [0.717, 1.165) is 0 Å². The molecule has 0 saturated heterocycles. The van der Waals surface area contributed by atoms with E-state index in [-0.39, 0.29) is 11.3 Å². The Bertz CT molecular complexity index is 623. The van der Waals surface area contributed by atoms with E-state index < -0.39 is 5.56 Å². The monoisotopic (exact) mass is 212 g/mol. The summed E-state index contributed by atoms with van der Waals surface area (Å²) in [5.74, 6) is 0.0988. The number of phenols is 1. The van der Waals surface area contributed by atoms with Gasteiger partial charge in [0.15, 0.2) is 0 Å². The molecule has 78 valence electrons. The average molecular weight is 212 g/mol. The Morgan fingerprint density at radius 2 is 2.12 bits per heavy atom. The van der Waals surface area contributed by atoms with Gasteiger partial charge in [0.2, 0.25) is 0 Å². The van der Waals surface area contributed by atoms with Crippen molar-refractivity contribution in [1.29, 1.82) is 5.26 Å². The van der Waals surface area contributed by atoms with Gasteiger partial charge in [-0.1, -0.05) is 12.1 Å². The van der Waals surface area contributed by atoms with Crippen LogP contribution in [-0.4, -0.2) is 10.1 Å². The molecule has 0 radical (unpaired) electrons. The first kappa shape index (κ1) is 9.99. The zero-order chi connectivity index (χ0) is 11.5. The molecule has 2 N–H and O–H groups in total. The van der Waals surface area contributed by atoms with Gasteiger partial charge in [-0.3, -0.25) is 4.79 Å². The summed E-state index contributed by atoms with van der Waals surface area (Å²) < 4.78 is 0. The number of rotatable bonds is 1. The molecule has 0 aliphatic carbocycles. The molecule has 4 heteroatoms. The molecule has 2 aromatic rings. The maximum atomic E-state index is 11.4. The summed E-state index contributed by atoms with van der Waals surface area (Å²) in [6, 6.07) is 9.92. The zero-order valence-corrected chi connectivity index (χ0v) is 8.27. The highest BCUT2D eigenvalue weighted by Gasteiger charge is 2.08. The van der Waals surface area contributed by atoms with Gasteiger partial charge in [-0.25, -0.2) is 0 Å². The van der Waals surface area contributed by atoms with Crippen LogP contribution in [0.15, 0.2) is 41.3 Å². The average Bonchev–Trinajstić information content (AvgIpc) is 2.28. The van der Waals surface area contributed by atoms with Crippen LogP contribution in [0.25, 0.3) is 11.1 Å². The van der Waals surface area contributed by atoms with Crippen LogP contribution in [0, 0.1) is 11.3 Å². The lowest BCUT2D eigenvalue weighted by Crippen LogP contribution is -2.10. The number of aromatic nitrogens is 1. The molecule has 16 heavy (non-hydrogen) atoms. The molecule has 0 aliphatic heterocycles. The van der Waals surface area contributed by atoms with Crippen LogP contribution >= 0.6 is 0 Å². The van der Waals surface area contributed by atoms with E-state index in [0.29, 0.717) is 11.1 Å². The maximum absolute atomic E-state index is 11.4. The Labute approximate surface area is 91.4 Å². The predicted octanol–water partition coefficient (Wildman–Crippen LogP) is 1.62. The normalized spacial score (nSPS) is 9.69. The number of nitrogens with one attached hydrogen (secondary N) is 1. The molecule has 0 spiro atoms. The molecular formula is C12H8N2O2. The number of pyridine rings is 1. The van der Waals surface area contributed by atoms with E-state index in [1.54, 1.807) is 18.2 Å². The fourth-order valence-corrected chi connectivity index (χ4v) is 1.50. The van der Waals surface area contributed by atoms with Crippen LogP contribution in [0.4, 0.5) is 0 Å². The van der Waals surface area contributed by atoms with E-state index in [1.165, 1.54) is 18.3 Å². The minimum absolute atomic E-state index is 0.0492. The number of nitriles is 1. The Kier molecular flexibility index (Phi) is 2.44. The van der Waals surface area contributed by atoms with E-state index in [2.05, 4.69) is 4.98 Å². The van der Waals surface area contributed by atoms with Crippen molar-refractivity contribution >= 4 is 0 Å². The van der Waals surface area contributed by atoms with Crippen molar-refractivity contribution in [3.8, 4) is 22.9 Å². The van der Waals surface area contributed by atoms with Crippen molar-refractivity contribution in [1.82, 2.24) is 4.98 Å². The fourth-order valence-electron chi connectivity index (χ4n) is 1.50. The number of H-pyrrole nitrogens is 1. The standard InChI is InChI=1S/C12H8N2O2/c13-7-11-10(4-5-14-12(11)16)8-2-1-3-9(15)6-8/h1-6,15H,(H,14,16). The van der Waals surface area contributed by atoms with Crippen LogP contribution in [0.5, 0.6) is 5.75 Å². The number of phenolic OH excluding ortho intramolecular Hbond substituents is 1. The van der Waals surface area contributed by atoms with Gasteiger partial charge in [0.05, 0.1) is 0 Å². The molecular weight excluding hydrogens is 204 g/mol. The topological polar surface area (TPSA) is 76.9 Å². The molecule has 0 unspecified atom stereocenters. The van der Waals surface area contributed by atoms with Gasteiger partial charge in [-0.2, -0.15) is 5.26 Å². The molecule has 0 amide bonds. The van der Waals surface area contributed by atoms with Crippen LogP contribution in [-0.2, 0) is 0 Å². The highest BCUT2D eigenvalue weighted by atomic mass is 16.3. The van der Waals surface area contributed by atoms with Crippen molar-refractivity contribution in [3.05, 3.63) is 52.4 Å². The summed E-state index contributed by atoms with van der Waals surface area (Å²) >= 11 is 0. The van der Waals surface area contributed by atoms with Crippen LogP contribution in [0.3, 0.4) is 0 Å². The van der Waals surface area contributed by atoms with Gasteiger partial charge in [0.1, 0.15) is 17.4 Å². The highest BCUT2D eigenvalue weighted by molar-refractivity contribution is 5.70. The third-order valence-corrected chi connectivity index (χ3v) is 2.23. The smallest absolute Gasteiger partial charge is 0.266 e. The van der Waals surface area contributed by atoms with Gasteiger partial charge in [0.25, 0.3) is 5.56 Å². The third kappa shape index (κ3) is 1.66. The second-order valence-electron chi connectivity index (χ2n) is 3.26. The Hall–Kier alpha value is -2.54. The van der Waals surface area contributed by atoms with Crippen molar-refractivity contribution in [2.75, 3.05) is 0 Å². The second kappa shape index (κ2) is 3.91. The number of hydrogen-bond acceptors (Lipinski definition) is 3. The van der Waals surface area contributed by atoms with Crippen molar-refractivity contribution in [2.45, 2.75) is 0 Å².